The largest absolute Gasteiger partial charge is 0.355 e. The minimum absolute atomic E-state index is 0.0370. The molecule has 0 radical (unpaired) electrons. The van der Waals surface area contributed by atoms with Gasteiger partial charge in [-0.1, -0.05) is 42.1 Å². The van der Waals surface area contributed by atoms with Crippen molar-refractivity contribution in [1.82, 2.24) is 15.3 Å². The Kier molecular flexibility index (Phi) is 5.71. The number of carbonyl (C=O) groups excluding carboxylic acids is 1. The number of aromatic nitrogens is 2. The van der Waals surface area contributed by atoms with Crippen LogP contribution in [0.5, 0.6) is 0 Å². The van der Waals surface area contributed by atoms with Crippen LogP contribution in [0, 0.1) is 20.8 Å². The van der Waals surface area contributed by atoms with Crippen molar-refractivity contribution in [2.24, 2.45) is 0 Å². The summed E-state index contributed by atoms with van der Waals surface area (Å²) in [6.07, 6.45) is 0.844. The predicted molar refractivity (Wildman–Crippen MR) is 106 cm³/mol. The van der Waals surface area contributed by atoms with Gasteiger partial charge in [0.2, 0.25) is 5.91 Å². The Bertz CT molecular complexity index is 891. The van der Waals surface area contributed by atoms with Gasteiger partial charge in [-0.15, -0.1) is 11.3 Å². The molecule has 6 heteroatoms. The Morgan fingerprint density at radius 1 is 1.16 bits per heavy atom. The van der Waals surface area contributed by atoms with E-state index in [1.165, 1.54) is 27.8 Å². The third kappa shape index (κ3) is 4.38. The molecule has 25 heavy (non-hydrogen) atoms. The molecule has 0 fully saturated rings. The summed E-state index contributed by atoms with van der Waals surface area (Å²) in [5.74, 6) is 1.16. The molecule has 0 saturated carbocycles. The molecule has 0 saturated heterocycles. The number of aryl methyl sites for hydroxylation is 3. The minimum atomic E-state index is 0.0370. The van der Waals surface area contributed by atoms with Crippen LogP contribution in [0.1, 0.15) is 21.8 Å². The number of benzene rings is 1. The van der Waals surface area contributed by atoms with E-state index in [0.29, 0.717) is 12.3 Å². The molecule has 0 aliphatic carbocycles. The molecule has 0 bridgehead atoms. The fourth-order valence-corrected chi connectivity index (χ4v) is 4.69. The van der Waals surface area contributed by atoms with E-state index in [0.717, 1.165) is 27.5 Å². The van der Waals surface area contributed by atoms with E-state index >= 15 is 0 Å². The summed E-state index contributed by atoms with van der Waals surface area (Å²) in [4.78, 5) is 23.5. The second-order valence-electron chi connectivity index (χ2n) is 5.91. The molecule has 0 atom stereocenters. The molecule has 0 aliphatic heterocycles. The lowest BCUT2D eigenvalue weighted by Gasteiger charge is -2.07. The van der Waals surface area contributed by atoms with E-state index in [1.807, 2.05) is 25.1 Å². The second-order valence-corrected chi connectivity index (χ2v) is 8.08. The molecule has 0 spiro atoms. The van der Waals surface area contributed by atoms with Gasteiger partial charge >= 0.3 is 0 Å². The first-order chi connectivity index (χ1) is 12.0. The standard InChI is InChI=1S/C19H21N3OS2/c1-12-13(2)25-19-17(12)18(21-14(3)22-19)24-11-16(23)20-10-9-15-7-5-4-6-8-15/h4-8H,9-11H2,1-3H3,(H,20,23). The van der Waals surface area contributed by atoms with Gasteiger partial charge in [0.25, 0.3) is 0 Å². The fraction of sp³-hybridized carbons (Fsp3) is 0.316. The Morgan fingerprint density at radius 2 is 1.92 bits per heavy atom. The SMILES string of the molecule is Cc1nc(SCC(=O)NCCc2ccccc2)c2c(C)c(C)sc2n1. The number of hydrogen-bond acceptors (Lipinski definition) is 5. The topological polar surface area (TPSA) is 54.9 Å². The normalized spacial score (nSPS) is 11.0. The second kappa shape index (κ2) is 7.97. The molecule has 2 aromatic heterocycles. The smallest absolute Gasteiger partial charge is 0.230 e. The van der Waals surface area contributed by atoms with E-state index in [2.05, 4.69) is 41.3 Å². The summed E-state index contributed by atoms with van der Waals surface area (Å²) in [5, 5.41) is 4.98. The summed E-state index contributed by atoms with van der Waals surface area (Å²) < 4.78 is 0. The quantitative estimate of drug-likeness (QED) is 0.524. The van der Waals surface area contributed by atoms with Crippen molar-refractivity contribution in [3.63, 3.8) is 0 Å². The molecule has 0 aliphatic rings. The van der Waals surface area contributed by atoms with Gasteiger partial charge < -0.3 is 5.32 Å². The molecule has 3 rings (SSSR count). The van der Waals surface area contributed by atoms with E-state index < -0.39 is 0 Å². The van der Waals surface area contributed by atoms with Crippen molar-refractivity contribution in [1.29, 1.82) is 0 Å². The number of fused-ring (bicyclic) bond motifs is 1. The van der Waals surface area contributed by atoms with Crippen molar-refractivity contribution >= 4 is 39.2 Å². The third-order valence-corrected chi connectivity index (χ3v) is 6.10. The third-order valence-electron chi connectivity index (χ3n) is 4.03. The highest BCUT2D eigenvalue weighted by Gasteiger charge is 2.15. The van der Waals surface area contributed by atoms with Gasteiger partial charge in [-0.25, -0.2) is 9.97 Å². The maximum Gasteiger partial charge on any atom is 0.230 e. The van der Waals surface area contributed by atoms with Crippen LogP contribution >= 0.6 is 23.1 Å². The van der Waals surface area contributed by atoms with Gasteiger partial charge in [0, 0.05) is 16.8 Å². The first-order valence-electron chi connectivity index (χ1n) is 8.22. The maximum absolute atomic E-state index is 12.1. The molecule has 1 amide bonds. The number of nitrogens with zero attached hydrogens (tertiary/aromatic N) is 2. The highest BCUT2D eigenvalue weighted by Crippen LogP contribution is 2.34. The number of thiophene rings is 1. The van der Waals surface area contributed by atoms with Crippen LogP contribution in [0.3, 0.4) is 0 Å². The summed E-state index contributed by atoms with van der Waals surface area (Å²) in [6.45, 7) is 6.74. The van der Waals surface area contributed by atoms with Crippen LogP contribution in [0.15, 0.2) is 35.4 Å². The lowest BCUT2D eigenvalue weighted by Crippen LogP contribution is -2.27. The van der Waals surface area contributed by atoms with E-state index in [4.69, 9.17) is 0 Å². The Labute approximate surface area is 156 Å². The van der Waals surface area contributed by atoms with E-state index in [1.54, 1.807) is 11.3 Å². The number of carbonyl (C=O) groups is 1. The lowest BCUT2D eigenvalue weighted by molar-refractivity contribution is -0.118. The van der Waals surface area contributed by atoms with E-state index in [-0.39, 0.29) is 5.91 Å². The van der Waals surface area contributed by atoms with Gasteiger partial charge in [0.15, 0.2) is 0 Å². The first-order valence-corrected chi connectivity index (χ1v) is 10.0. The average molecular weight is 372 g/mol. The highest BCUT2D eigenvalue weighted by atomic mass is 32.2. The predicted octanol–water partition coefficient (Wildman–Crippen LogP) is 4.07. The molecule has 1 N–H and O–H groups in total. The molecular weight excluding hydrogens is 350 g/mol. The van der Waals surface area contributed by atoms with Crippen molar-refractivity contribution in [2.75, 3.05) is 12.3 Å². The van der Waals surface area contributed by atoms with Crippen LogP contribution in [0.25, 0.3) is 10.2 Å². The average Bonchev–Trinajstić information content (AvgIpc) is 2.88. The van der Waals surface area contributed by atoms with Gasteiger partial charge in [-0.05, 0) is 38.3 Å². The van der Waals surface area contributed by atoms with Crippen molar-refractivity contribution in [3.05, 3.63) is 52.2 Å². The fourth-order valence-electron chi connectivity index (χ4n) is 2.59. The summed E-state index contributed by atoms with van der Waals surface area (Å²) >= 11 is 3.18. The van der Waals surface area contributed by atoms with Crippen molar-refractivity contribution in [3.8, 4) is 0 Å². The van der Waals surface area contributed by atoms with Crippen LogP contribution in [0.2, 0.25) is 0 Å². The van der Waals surface area contributed by atoms with Gasteiger partial charge in [-0.3, -0.25) is 4.79 Å². The summed E-state index contributed by atoms with van der Waals surface area (Å²) in [6, 6.07) is 10.2. The Balaban J connectivity index is 1.59. The van der Waals surface area contributed by atoms with Crippen LogP contribution < -0.4 is 5.32 Å². The number of amides is 1. The molecular formula is C19H21N3OS2. The molecule has 130 valence electrons. The summed E-state index contributed by atoms with van der Waals surface area (Å²) in [5.41, 5.74) is 2.44. The Hall–Kier alpha value is -1.92. The number of thioether (sulfide) groups is 1. The minimum Gasteiger partial charge on any atom is -0.355 e. The van der Waals surface area contributed by atoms with Crippen LogP contribution in [-0.4, -0.2) is 28.2 Å². The highest BCUT2D eigenvalue weighted by molar-refractivity contribution is 8.00. The zero-order chi connectivity index (χ0) is 17.8. The zero-order valence-corrected chi connectivity index (χ0v) is 16.3. The number of rotatable bonds is 6. The molecule has 0 unspecified atom stereocenters. The molecule has 2 heterocycles. The monoisotopic (exact) mass is 371 g/mol. The van der Waals surface area contributed by atoms with Crippen molar-refractivity contribution < 1.29 is 4.79 Å². The van der Waals surface area contributed by atoms with Crippen molar-refractivity contribution in [2.45, 2.75) is 32.2 Å². The van der Waals surface area contributed by atoms with Crippen LogP contribution in [-0.2, 0) is 11.2 Å². The number of nitrogens with one attached hydrogen (secondary N) is 1. The maximum atomic E-state index is 12.1. The van der Waals surface area contributed by atoms with Gasteiger partial charge in [0.05, 0.1) is 5.75 Å². The van der Waals surface area contributed by atoms with Gasteiger partial charge in [0.1, 0.15) is 15.7 Å². The Morgan fingerprint density at radius 3 is 2.68 bits per heavy atom. The van der Waals surface area contributed by atoms with Gasteiger partial charge in [-0.2, -0.15) is 0 Å². The van der Waals surface area contributed by atoms with Crippen LogP contribution in [0.4, 0.5) is 0 Å². The zero-order valence-electron chi connectivity index (χ0n) is 14.6. The molecule has 3 aromatic rings. The first kappa shape index (κ1) is 17.9. The lowest BCUT2D eigenvalue weighted by atomic mass is 10.1. The number of hydrogen-bond donors (Lipinski definition) is 1. The summed E-state index contributed by atoms with van der Waals surface area (Å²) in [7, 11) is 0. The molecule has 4 nitrogen and oxygen atoms in total. The van der Waals surface area contributed by atoms with E-state index in [9.17, 15) is 4.79 Å². The molecule has 1 aromatic carbocycles.